The van der Waals surface area contributed by atoms with Crippen molar-refractivity contribution >= 4 is 32.5 Å². The molecule has 0 N–H and O–H groups in total. The zero-order chi connectivity index (χ0) is 22.5. The molecule has 0 radical (unpaired) electrons. The normalized spacial score (nSPS) is 9.61. The Morgan fingerprint density at radius 3 is 1.71 bits per heavy atom. The van der Waals surface area contributed by atoms with E-state index in [1.54, 1.807) is 0 Å². The van der Waals surface area contributed by atoms with Crippen molar-refractivity contribution in [3.8, 4) is 0 Å². The van der Waals surface area contributed by atoms with Gasteiger partial charge >= 0.3 is 0 Å². The van der Waals surface area contributed by atoms with E-state index in [-0.39, 0.29) is 17.9 Å². The standard InChI is InChI=1S/C10H22.C7H8FPS.C4H10.C3H6O/c1-4-6-8-10(3)9-7-5-2;1-5-2-3-6(9)7(4-5)10-8;1-4(2)3;1-3(2)4/h10H,4-9H2,1-3H3;2-4H,9H2,1H3;4H,1-3H3;1-2H3. The Morgan fingerprint density at radius 2 is 1.43 bits per heavy atom. The van der Waals surface area contributed by atoms with Crippen LogP contribution in [-0.4, -0.2) is 5.78 Å². The van der Waals surface area contributed by atoms with Crippen molar-refractivity contribution in [2.24, 2.45) is 11.8 Å². The zero-order valence-corrected chi connectivity index (χ0v) is 21.9. The van der Waals surface area contributed by atoms with Crippen LogP contribution in [0.25, 0.3) is 0 Å². The van der Waals surface area contributed by atoms with Crippen LogP contribution in [0.15, 0.2) is 23.1 Å². The lowest BCUT2D eigenvalue weighted by Gasteiger charge is -2.08. The maximum atomic E-state index is 12.1. The summed E-state index contributed by atoms with van der Waals surface area (Å²) in [4.78, 5) is 10.1. The molecular weight excluding hydrogens is 386 g/mol. The number of carbonyl (C=O) groups is 1. The van der Waals surface area contributed by atoms with E-state index in [0.717, 1.165) is 22.7 Å². The molecule has 0 heterocycles. The lowest BCUT2D eigenvalue weighted by Crippen LogP contribution is -1.93. The first-order chi connectivity index (χ1) is 13.0. The van der Waals surface area contributed by atoms with Gasteiger partial charge in [0.05, 0.1) is 12.1 Å². The number of benzene rings is 1. The number of carbonyl (C=O) groups excluding carboxylic acids is 1. The summed E-state index contributed by atoms with van der Waals surface area (Å²) in [5, 5.41) is 0.915. The maximum Gasteiger partial charge on any atom is 0.126 e. The highest BCUT2D eigenvalue weighted by molar-refractivity contribution is 7.94. The number of aryl methyl sites for hydroxylation is 1. The Kier molecular flexibility index (Phi) is 26.4. The van der Waals surface area contributed by atoms with Gasteiger partial charge in [0.25, 0.3) is 0 Å². The summed E-state index contributed by atoms with van der Waals surface area (Å²) in [5.41, 5.74) is 1.09. The molecular formula is C24H46FOPS. The molecule has 0 aromatic heterocycles. The second kappa shape index (κ2) is 22.9. The molecule has 0 aliphatic rings. The van der Waals surface area contributed by atoms with E-state index >= 15 is 0 Å². The first-order valence-corrected chi connectivity index (χ1v) is 11.9. The Morgan fingerprint density at radius 1 is 1.04 bits per heavy atom. The monoisotopic (exact) mass is 432 g/mol. The molecule has 1 nitrogen and oxygen atoms in total. The van der Waals surface area contributed by atoms with Gasteiger partial charge in [-0.3, -0.25) is 0 Å². The van der Waals surface area contributed by atoms with E-state index in [9.17, 15) is 8.68 Å². The van der Waals surface area contributed by atoms with Gasteiger partial charge in [0.1, 0.15) is 5.78 Å². The molecule has 4 heteroatoms. The fraction of sp³-hybridized carbons (Fsp3) is 0.708. The molecule has 166 valence electrons. The average molecular weight is 433 g/mol. The molecule has 0 saturated heterocycles. The summed E-state index contributed by atoms with van der Waals surface area (Å²) in [5.74, 6) is 1.97. The van der Waals surface area contributed by atoms with Crippen molar-refractivity contribution in [3.63, 3.8) is 0 Å². The molecule has 0 bridgehead atoms. The molecule has 28 heavy (non-hydrogen) atoms. The number of unbranched alkanes of at least 4 members (excludes halogenated alkanes) is 2. The summed E-state index contributed by atoms with van der Waals surface area (Å²) in [6.45, 7) is 18.4. The number of rotatable bonds is 7. The van der Waals surface area contributed by atoms with Gasteiger partial charge in [0.2, 0.25) is 0 Å². The smallest absolute Gasteiger partial charge is 0.126 e. The van der Waals surface area contributed by atoms with Gasteiger partial charge < -0.3 is 4.79 Å². The van der Waals surface area contributed by atoms with E-state index in [1.807, 2.05) is 25.1 Å². The SMILES string of the molecule is CC(C)=O.CC(C)C.CCCCC(C)CCCC.Cc1ccc(P)c(SF)c1. The van der Waals surface area contributed by atoms with Crippen LogP contribution in [-0.2, 0) is 4.79 Å². The summed E-state index contributed by atoms with van der Waals surface area (Å²) >= 11 is 0.289. The second-order valence-electron chi connectivity index (χ2n) is 8.15. The van der Waals surface area contributed by atoms with E-state index in [1.165, 1.54) is 52.4 Å². The highest BCUT2D eigenvalue weighted by Gasteiger charge is 1.99. The number of hydrogen-bond acceptors (Lipinski definition) is 2. The highest BCUT2D eigenvalue weighted by atomic mass is 32.2. The third-order valence-corrected chi connectivity index (χ3v) is 4.59. The van der Waals surface area contributed by atoms with Gasteiger partial charge in [-0.15, -0.1) is 9.24 Å². The molecule has 1 rings (SSSR count). The molecule has 1 aromatic carbocycles. The zero-order valence-electron chi connectivity index (χ0n) is 19.9. The van der Waals surface area contributed by atoms with Gasteiger partial charge in [0.15, 0.2) is 0 Å². The number of ketones is 1. The van der Waals surface area contributed by atoms with Crippen LogP contribution in [0.1, 0.15) is 99.5 Å². The number of halogens is 1. The molecule has 0 fully saturated rings. The Labute approximate surface area is 182 Å². The minimum absolute atomic E-state index is 0.167. The first-order valence-electron chi connectivity index (χ1n) is 10.6. The third-order valence-electron chi connectivity index (χ3n) is 3.35. The van der Waals surface area contributed by atoms with E-state index in [4.69, 9.17) is 0 Å². The quantitative estimate of drug-likeness (QED) is 0.401. The summed E-state index contributed by atoms with van der Waals surface area (Å²) < 4.78 is 12.1. The number of Topliss-reactive ketones (excluding diaryl/α,β-unsaturated/α-hetero) is 1. The predicted octanol–water partition coefficient (Wildman–Crippen LogP) is 8.73. The second-order valence-corrected chi connectivity index (χ2v) is 9.36. The Hall–Kier alpha value is -0.400. The predicted molar refractivity (Wildman–Crippen MR) is 133 cm³/mol. The number of hydrogen-bond donors (Lipinski definition) is 0. The fourth-order valence-corrected chi connectivity index (χ4v) is 2.66. The lowest BCUT2D eigenvalue weighted by atomic mass is 9.98. The van der Waals surface area contributed by atoms with Crippen molar-refractivity contribution in [3.05, 3.63) is 23.8 Å². The lowest BCUT2D eigenvalue weighted by molar-refractivity contribution is -0.114. The Bertz CT molecular complexity index is 463. The summed E-state index contributed by atoms with van der Waals surface area (Å²) in [6.07, 6.45) is 8.44. The van der Waals surface area contributed by atoms with Crippen molar-refractivity contribution in [2.75, 3.05) is 0 Å². The average Bonchev–Trinajstić information content (AvgIpc) is 2.59. The highest BCUT2D eigenvalue weighted by Crippen LogP contribution is 2.19. The van der Waals surface area contributed by atoms with E-state index in [2.05, 4.69) is 50.8 Å². The van der Waals surface area contributed by atoms with Crippen LogP contribution in [0.3, 0.4) is 0 Å². The van der Waals surface area contributed by atoms with Gasteiger partial charge in [-0.1, -0.05) is 92.2 Å². The van der Waals surface area contributed by atoms with Crippen molar-refractivity contribution in [1.82, 2.24) is 0 Å². The minimum atomic E-state index is 0.167. The van der Waals surface area contributed by atoms with Gasteiger partial charge in [-0.2, -0.15) is 3.89 Å². The van der Waals surface area contributed by atoms with Gasteiger partial charge in [-0.05, 0) is 49.5 Å². The minimum Gasteiger partial charge on any atom is -0.300 e. The fourth-order valence-electron chi connectivity index (χ4n) is 1.96. The third kappa shape index (κ3) is 30.3. The molecule has 1 aromatic rings. The molecule has 1 unspecified atom stereocenters. The Balaban J connectivity index is -0.000000326. The maximum absolute atomic E-state index is 12.1. The molecule has 0 amide bonds. The van der Waals surface area contributed by atoms with Crippen LogP contribution in [0, 0.1) is 18.8 Å². The molecule has 0 spiro atoms. The van der Waals surface area contributed by atoms with Crippen LogP contribution in [0.2, 0.25) is 0 Å². The van der Waals surface area contributed by atoms with Crippen LogP contribution in [0.4, 0.5) is 3.89 Å². The van der Waals surface area contributed by atoms with Gasteiger partial charge in [0, 0.05) is 4.90 Å². The van der Waals surface area contributed by atoms with Crippen molar-refractivity contribution in [2.45, 2.75) is 106 Å². The summed E-state index contributed by atoms with van der Waals surface area (Å²) in [7, 11) is 2.49. The first kappa shape index (κ1) is 32.3. The molecule has 0 aliphatic heterocycles. The van der Waals surface area contributed by atoms with Crippen molar-refractivity contribution in [1.29, 1.82) is 0 Å². The van der Waals surface area contributed by atoms with Crippen LogP contribution >= 0.6 is 21.4 Å². The summed E-state index contributed by atoms with van der Waals surface area (Å²) in [6, 6.07) is 5.68. The van der Waals surface area contributed by atoms with Crippen LogP contribution < -0.4 is 5.30 Å². The van der Waals surface area contributed by atoms with E-state index in [0.29, 0.717) is 4.90 Å². The molecule has 0 aliphatic carbocycles. The largest absolute Gasteiger partial charge is 0.300 e. The molecule has 1 atom stereocenters. The van der Waals surface area contributed by atoms with Gasteiger partial charge in [-0.25, -0.2) is 0 Å². The molecule has 0 saturated carbocycles. The van der Waals surface area contributed by atoms with Crippen molar-refractivity contribution < 1.29 is 8.68 Å². The topological polar surface area (TPSA) is 17.1 Å². The van der Waals surface area contributed by atoms with Crippen LogP contribution in [0.5, 0.6) is 0 Å². The van der Waals surface area contributed by atoms with E-state index < -0.39 is 0 Å².